The highest BCUT2D eigenvalue weighted by Gasteiger charge is 2.19. The van der Waals surface area contributed by atoms with Gasteiger partial charge < -0.3 is 10.4 Å². The van der Waals surface area contributed by atoms with E-state index in [0.717, 1.165) is 11.3 Å². The lowest BCUT2D eigenvalue weighted by molar-refractivity contribution is -0.138. The fraction of sp³-hybridized carbons (Fsp3) is 0.278. The number of anilines is 1. The molecular weight excluding hydrogens is 262 g/mol. The predicted molar refractivity (Wildman–Crippen MR) is 85.8 cm³/mol. The van der Waals surface area contributed by atoms with Crippen LogP contribution in [0.25, 0.3) is 0 Å². The zero-order chi connectivity index (χ0) is 15.2. The molecule has 0 radical (unpaired) electrons. The van der Waals surface area contributed by atoms with Crippen LogP contribution in [0.5, 0.6) is 0 Å². The molecule has 0 aliphatic heterocycles. The smallest absolute Gasteiger partial charge is 0.312 e. The predicted octanol–water partition coefficient (Wildman–Crippen LogP) is 4.09. The van der Waals surface area contributed by atoms with Crippen molar-refractivity contribution in [3.8, 4) is 0 Å². The second-order valence-corrected chi connectivity index (χ2v) is 5.46. The minimum Gasteiger partial charge on any atom is -0.481 e. The van der Waals surface area contributed by atoms with E-state index in [-0.39, 0.29) is 0 Å². The largest absolute Gasteiger partial charge is 0.481 e. The van der Waals surface area contributed by atoms with Gasteiger partial charge in [-0.1, -0.05) is 56.3 Å². The topological polar surface area (TPSA) is 49.3 Å². The number of carboxylic acids is 1. The quantitative estimate of drug-likeness (QED) is 0.839. The molecule has 2 rings (SSSR count). The van der Waals surface area contributed by atoms with E-state index in [2.05, 4.69) is 31.3 Å². The molecular formula is C18H21NO2. The van der Waals surface area contributed by atoms with Crippen LogP contribution in [0.3, 0.4) is 0 Å². The third-order valence-electron chi connectivity index (χ3n) is 3.56. The van der Waals surface area contributed by atoms with Crippen molar-refractivity contribution < 1.29 is 9.90 Å². The second-order valence-electron chi connectivity index (χ2n) is 5.46. The van der Waals surface area contributed by atoms with Crippen molar-refractivity contribution in [1.29, 1.82) is 0 Å². The maximum absolute atomic E-state index is 11.5. The van der Waals surface area contributed by atoms with E-state index < -0.39 is 11.9 Å². The zero-order valence-electron chi connectivity index (χ0n) is 12.4. The highest BCUT2D eigenvalue weighted by Crippen LogP contribution is 2.21. The van der Waals surface area contributed by atoms with Crippen LogP contribution in [0.15, 0.2) is 54.6 Å². The minimum absolute atomic E-state index is 0.376. The van der Waals surface area contributed by atoms with E-state index in [1.165, 1.54) is 5.56 Å². The lowest BCUT2D eigenvalue weighted by Gasteiger charge is -2.15. The Balaban J connectivity index is 2.09. The minimum atomic E-state index is -0.811. The van der Waals surface area contributed by atoms with Crippen LogP contribution >= 0.6 is 0 Å². The van der Waals surface area contributed by atoms with Crippen LogP contribution in [0, 0.1) is 0 Å². The Hall–Kier alpha value is -2.29. The SMILES string of the molecule is CC(C)c1cccc(NCC(C(=O)O)c2ccccc2)c1. The highest BCUT2D eigenvalue weighted by molar-refractivity contribution is 5.77. The molecule has 2 N–H and O–H groups in total. The van der Waals surface area contributed by atoms with Gasteiger partial charge in [0.25, 0.3) is 0 Å². The van der Waals surface area contributed by atoms with Gasteiger partial charge in [0.15, 0.2) is 0 Å². The van der Waals surface area contributed by atoms with Crippen molar-refractivity contribution in [1.82, 2.24) is 0 Å². The van der Waals surface area contributed by atoms with Crippen molar-refractivity contribution >= 4 is 11.7 Å². The zero-order valence-corrected chi connectivity index (χ0v) is 12.4. The molecule has 0 amide bonds. The molecule has 1 unspecified atom stereocenters. The molecule has 0 aliphatic carbocycles. The number of aliphatic carboxylic acids is 1. The summed E-state index contributed by atoms with van der Waals surface area (Å²) in [5, 5.41) is 12.6. The lowest BCUT2D eigenvalue weighted by atomic mass is 9.99. The molecule has 21 heavy (non-hydrogen) atoms. The van der Waals surface area contributed by atoms with Crippen molar-refractivity contribution in [2.24, 2.45) is 0 Å². The highest BCUT2D eigenvalue weighted by atomic mass is 16.4. The number of hydrogen-bond acceptors (Lipinski definition) is 2. The van der Waals surface area contributed by atoms with E-state index in [1.807, 2.05) is 42.5 Å². The fourth-order valence-corrected chi connectivity index (χ4v) is 2.26. The van der Waals surface area contributed by atoms with Crippen LogP contribution in [-0.4, -0.2) is 17.6 Å². The van der Waals surface area contributed by atoms with Crippen LogP contribution in [0.4, 0.5) is 5.69 Å². The first-order valence-electron chi connectivity index (χ1n) is 7.19. The van der Waals surface area contributed by atoms with E-state index in [4.69, 9.17) is 0 Å². The summed E-state index contributed by atoms with van der Waals surface area (Å²) in [6.07, 6.45) is 0. The number of nitrogens with one attached hydrogen (secondary N) is 1. The standard InChI is InChI=1S/C18H21NO2/c1-13(2)15-9-6-10-16(11-15)19-12-17(18(20)21)14-7-4-3-5-8-14/h3-11,13,17,19H,12H2,1-2H3,(H,20,21). The first kappa shape index (κ1) is 15.1. The summed E-state index contributed by atoms with van der Waals surface area (Å²) in [6.45, 7) is 4.66. The summed E-state index contributed by atoms with van der Waals surface area (Å²) >= 11 is 0. The maximum atomic E-state index is 11.5. The van der Waals surface area contributed by atoms with Gasteiger partial charge in [0.1, 0.15) is 0 Å². The summed E-state index contributed by atoms with van der Waals surface area (Å²) < 4.78 is 0. The maximum Gasteiger partial charge on any atom is 0.312 e. The molecule has 110 valence electrons. The molecule has 0 saturated heterocycles. The molecule has 0 bridgehead atoms. The van der Waals surface area contributed by atoms with Crippen LogP contribution in [0.1, 0.15) is 36.8 Å². The van der Waals surface area contributed by atoms with Gasteiger partial charge in [0.05, 0.1) is 5.92 Å². The Morgan fingerprint density at radius 2 is 1.71 bits per heavy atom. The molecule has 0 saturated carbocycles. The Morgan fingerprint density at radius 1 is 1.05 bits per heavy atom. The molecule has 0 aromatic heterocycles. The van der Waals surface area contributed by atoms with E-state index in [1.54, 1.807) is 0 Å². The number of hydrogen-bond donors (Lipinski definition) is 2. The van der Waals surface area contributed by atoms with Gasteiger partial charge in [-0.05, 0) is 29.2 Å². The first-order valence-corrected chi connectivity index (χ1v) is 7.19. The monoisotopic (exact) mass is 283 g/mol. The van der Waals surface area contributed by atoms with Crippen molar-refractivity contribution in [3.05, 3.63) is 65.7 Å². The summed E-state index contributed by atoms with van der Waals surface area (Å²) in [6, 6.07) is 17.5. The summed E-state index contributed by atoms with van der Waals surface area (Å²) in [5.41, 5.74) is 3.02. The summed E-state index contributed by atoms with van der Waals surface area (Å²) in [5.74, 6) is -0.904. The van der Waals surface area contributed by atoms with Gasteiger partial charge in [-0.15, -0.1) is 0 Å². The first-order chi connectivity index (χ1) is 10.1. The molecule has 1 atom stereocenters. The number of rotatable bonds is 6. The lowest BCUT2D eigenvalue weighted by Crippen LogP contribution is -2.20. The van der Waals surface area contributed by atoms with Gasteiger partial charge in [0.2, 0.25) is 0 Å². The van der Waals surface area contributed by atoms with E-state index in [0.29, 0.717) is 12.5 Å². The third-order valence-corrected chi connectivity index (χ3v) is 3.56. The van der Waals surface area contributed by atoms with E-state index >= 15 is 0 Å². The molecule has 2 aromatic rings. The van der Waals surface area contributed by atoms with Crippen LogP contribution < -0.4 is 5.32 Å². The number of benzene rings is 2. The molecule has 0 fully saturated rings. The normalized spacial score (nSPS) is 12.1. The molecule has 0 spiro atoms. The van der Waals surface area contributed by atoms with Gasteiger partial charge in [0, 0.05) is 12.2 Å². The van der Waals surface area contributed by atoms with E-state index in [9.17, 15) is 9.90 Å². The number of carbonyl (C=O) groups is 1. The number of carboxylic acid groups (broad SMARTS) is 1. The molecule has 3 heteroatoms. The molecule has 3 nitrogen and oxygen atoms in total. The van der Waals surface area contributed by atoms with Gasteiger partial charge in [-0.2, -0.15) is 0 Å². The van der Waals surface area contributed by atoms with Crippen LogP contribution in [-0.2, 0) is 4.79 Å². The Morgan fingerprint density at radius 3 is 2.33 bits per heavy atom. The van der Waals surface area contributed by atoms with Crippen molar-refractivity contribution in [2.45, 2.75) is 25.7 Å². The van der Waals surface area contributed by atoms with Crippen LogP contribution in [0.2, 0.25) is 0 Å². The van der Waals surface area contributed by atoms with Crippen molar-refractivity contribution in [3.63, 3.8) is 0 Å². The molecule has 0 aliphatic rings. The Bertz CT molecular complexity index is 593. The molecule has 0 heterocycles. The summed E-state index contributed by atoms with van der Waals surface area (Å²) in [4.78, 5) is 11.5. The Labute approximate surface area is 125 Å². The fourth-order valence-electron chi connectivity index (χ4n) is 2.26. The van der Waals surface area contributed by atoms with Gasteiger partial charge >= 0.3 is 5.97 Å². The van der Waals surface area contributed by atoms with Crippen molar-refractivity contribution in [2.75, 3.05) is 11.9 Å². The average molecular weight is 283 g/mol. The molecule has 2 aromatic carbocycles. The van der Waals surface area contributed by atoms with Gasteiger partial charge in [-0.3, -0.25) is 4.79 Å². The van der Waals surface area contributed by atoms with Gasteiger partial charge in [-0.25, -0.2) is 0 Å². The summed E-state index contributed by atoms with van der Waals surface area (Å²) in [7, 11) is 0. The average Bonchev–Trinajstić information content (AvgIpc) is 2.48. The second kappa shape index (κ2) is 6.93. The third kappa shape index (κ3) is 4.09. The Kier molecular flexibility index (Phi) is 4.99.